The van der Waals surface area contributed by atoms with Crippen molar-refractivity contribution in [1.82, 2.24) is 0 Å². The van der Waals surface area contributed by atoms with Crippen LogP contribution in [0.1, 0.15) is 38.5 Å². The van der Waals surface area contributed by atoms with Crippen LogP contribution in [0.2, 0.25) is 18.1 Å². The molecule has 0 aromatic heterocycles. The Kier molecular flexibility index (Phi) is 2.35. The molecule has 2 aliphatic rings. The monoisotopic (exact) mass is 168 g/mol. The molecule has 1 aliphatic carbocycles. The number of fused-ring (bicyclic) bond motifs is 1. The fourth-order valence-corrected chi connectivity index (χ4v) is 6.69. The van der Waals surface area contributed by atoms with Gasteiger partial charge in [0, 0.05) is 8.80 Å². The van der Waals surface area contributed by atoms with Gasteiger partial charge in [0.15, 0.2) is 0 Å². The van der Waals surface area contributed by atoms with Crippen LogP contribution in [0.25, 0.3) is 0 Å². The third kappa shape index (κ3) is 1.53. The van der Waals surface area contributed by atoms with Crippen molar-refractivity contribution in [3.63, 3.8) is 0 Å². The van der Waals surface area contributed by atoms with Crippen LogP contribution in [-0.2, 0) is 0 Å². The predicted octanol–water partition coefficient (Wildman–Crippen LogP) is 3.20. The van der Waals surface area contributed by atoms with Crippen molar-refractivity contribution in [2.45, 2.75) is 56.7 Å². The average molecular weight is 168 g/mol. The maximum atomic E-state index is 2.61. The number of hydrogen-bond donors (Lipinski definition) is 0. The fourth-order valence-electron chi connectivity index (χ4n) is 3.26. The predicted molar refractivity (Wildman–Crippen MR) is 52.8 cm³/mol. The number of hydrogen-bond acceptors (Lipinski definition) is 0. The van der Waals surface area contributed by atoms with Gasteiger partial charge in [-0.05, 0) is 11.5 Å². The van der Waals surface area contributed by atoms with Gasteiger partial charge in [-0.25, -0.2) is 0 Å². The van der Waals surface area contributed by atoms with Crippen LogP contribution in [0.5, 0.6) is 0 Å². The molecule has 3 atom stereocenters. The third-order valence-electron chi connectivity index (χ3n) is 3.93. The lowest BCUT2D eigenvalue weighted by Crippen LogP contribution is -2.30. The lowest BCUT2D eigenvalue weighted by atomic mass is 9.85. The normalized spacial score (nSPS) is 45.0. The first-order valence-corrected chi connectivity index (χ1v) is 8.01. The quantitative estimate of drug-likeness (QED) is 0.487. The number of rotatable bonds is 0. The summed E-state index contributed by atoms with van der Waals surface area (Å²) < 4.78 is 0. The van der Waals surface area contributed by atoms with E-state index in [1.807, 2.05) is 0 Å². The van der Waals surface area contributed by atoms with Gasteiger partial charge in [0.05, 0.1) is 0 Å². The summed E-state index contributed by atoms with van der Waals surface area (Å²) in [5.74, 6) is 1.19. The summed E-state index contributed by atoms with van der Waals surface area (Å²) in [6, 6.07) is 1.65. The van der Waals surface area contributed by atoms with Crippen molar-refractivity contribution >= 4 is 8.80 Å². The zero-order chi connectivity index (χ0) is 7.68. The molecule has 0 bridgehead atoms. The van der Waals surface area contributed by atoms with E-state index in [4.69, 9.17) is 0 Å². The highest BCUT2D eigenvalue weighted by molar-refractivity contribution is 6.59. The minimum Gasteiger partial charge on any atom is -0.0718 e. The molecule has 1 heteroatoms. The van der Waals surface area contributed by atoms with Crippen molar-refractivity contribution in [3.05, 3.63) is 0 Å². The van der Waals surface area contributed by atoms with E-state index >= 15 is 0 Å². The third-order valence-corrected chi connectivity index (χ3v) is 7.59. The second kappa shape index (κ2) is 3.30. The van der Waals surface area contributed by atoms with Crippen LogP contribution in [-0.4, -0.2) is 8.80 Å². The standard InChI is InChI=1S/C10H20Si/c1-11-8-4-6-9-5-2-3-7-10(9)11/h9-11H,2-8H2,1H3/t9?,10?,11-/m0/s1. The fraction of sp³-hybridized carbons (Fsp3) is 1.00. The van der Waals surface area contributed by atoms with E-state index < -0.39 is 0 Å². The average Bonchev–Trinajstić information content (AvgIpc) is 2.06. The molecular weight excluding hydrogens is 148 g/mol. The molecule has 0 nitrogen and oxygen atoms in total. The Morgan fingerprint density at radius 1 is 1.00 bits per heavy atom. The zero-order valence-corrected chi connectivity index (χ0v) is 8.84. The summed E-state index contributed by atoms with van der Waals surface area (Å²) in [4.78, 5) is 0. The Morgan fingerprint density at radius 2 is 1.73 bits per heavy atom. The lowest BCUT2D eigenvalue weighted by Gasteiger charge is -2.39. The van der Waals surface area contributed by atoms with Crippen molar-refractivity contribution in [2.24, 2.45) is 5.92 Å². The summed E-state index contributed by atoms with van der Waals surface area (Å²) in [5, 5.41) is 0. The Bertz CT molecular complexity index is 131. The summed E-state index contributed by atoms with van der Waals surface area (Å²) in [5.41, 5.74) is 1.26. The van der Waals surface area contributed by atoms with Crippen LogP contribution in [0, 0.1) is 5.92 Å². The molecule has 1 heterocycles. The molecule has 64 valence electrons. The van der Waals surface area contributed by atoms with Crippen LogP contribution in [0.4, 0.5) is 0 Å². The largest absolute Gasteiger partial charge is 0.0718 e. The molecule has 2 rings (SSSR count). The first-order chi connectivity index (χ1) is 5.38. The van der Waals surface area contributed by atoms with E-state index in [2.05, 4.69) is 6.55 Å². The molecule has 0 spiro atoms. The summed E-state index contributed by atoms with van der Waals surface area (Å²) >= 11 is 0. The lowest BCUT2D eigenvalue weighted by molar-refractivity contribution is 0.318. The van der Waals surface area contributed by atoms with E-state index in [-0.39, 0.29) is 8.80 Å². The summed E-state index contributed by atoms with van der Waals surface area (Å²) in [6.45, 7) is 2.61. The van der Waals surface area contributed by atoms with Gasteiger partial charge >= 0.3 is 0 Å². The van der Waals surface area contributed by atoms with Crippen molar-refractivity contribution in [2.75, 3.05) is 0 Å². The van der Waals surface area contributed by atoms with Crippen LogP contribution < -0.4 is 0 Å². The zero-order valence-electron chi connectivity index (χ0n) is 7.68. The second-order valence-electron chi connectivity index (χ2n) is 4.62. The van der Waals surface area contributed by atoms with Gasteiger partial charge in [0.2, 0.25) is 0 Å². The van der Waals surface area contributed by atoms with Crippen molar-refractivity contribution < 1.29 is 0 Å². The molecule has 2 fully saturated rings. The van der Waals surface area contributed by atoms with Gasteiger partial charge in [-0.1, -0.05) is 51.1 Å². The van der Waals surface area contributed by atoms with E-state index in [1.165, 1.54) is 11.5 Å². The Hall–Kier alpha value is 0.217. The van der Waals surface area contributed by atoms with Gasteiger partial charge in [-0.15, -0.1) is 0 Å². The first kappa shape index (κ1) is 7.84. The van der Waals surface area contributed by atoms with Gasteiger partial charge < -0.3 is 0 Å². The molecule has 1 saturated carbocycles. The van der Waals surface area contributed by atoms with Crippen LogP contribution in [0.3, 0.4) is 0 Å². The Balaban J connectivity index is 1.99. The highest BCUT2D eigenvalue weighted by Crippen LogP contribution is 2.44. The van der Waals surface area contributed by atoms with Gasteiger partial charge in [0.25, 0.3) is 0 Å². The van der Waals surface area contributed by atoms with E-state index in [9.17, 15) is 0 Å². The Morgan fingerprint density at radius 3 is 2.55 bits per heavy atom. The van der Waals surface area contributed by atoms with Gasteiger partial charge in [0.1, 0.15) is 0 Å². The minimum atomic E-state index is -0.234. The topological polar surface area (TPSA) is 0 Å². The van der Waals surface area contributed by atoms with Gasteiger partial charge in [-0.2, -0.15) is 0 Å². The molecule has 1 saturated heterocycles. The summed E-state index contributed by atoms with van der Waals surface area (Å²) in [6.07, 6.45) is 9.46. The van der Waals surface area contributed by atoms with Crippen LogP contribution in [0.15, 0.2) is 0 Å². The van der Waals surface area contributed by atoms with Gasteiger partial charge in [-0.3, -0.25) is 0 Å². The molecule has 0 radical (unpaired) electrons. The highest BCUT2D eigenvalue weighted by Gasteiger charge is 2.32. The maximum Gasteiger partial charge on any atom is 0.0370 e. The summed E-state index contributed by atoms with van der Waals surface area (Å²) in [7, 11) is -0.234. The maximum absolute atomic E-state index is 2.61. The molecule has 11 heavy (non-hydrogen) atoms. The van der Waals surface area contributed by atoms with E-state index in [0.29, 0.717) is 0 Å². The van der Waals surface area contributed by atoms with Crippen molar-refractivity contribution in [3.8, 4) is 0 Å². The molecule has 1 aliphatic heterocycles. The molecule has 0 amide bonds. The minimum absolute atomic E-state index is 0.234. The van der Waals surface area contributed by atoms with E-state index in [0.717, 1.165) is 0 Å². The molecule has 0 aromatic carbocycles. The highest BCUT2D eigenvalue weighted by atomic mass is 28.3. The smallest absolute Gasteiger partial charge is 0.0370 e. The molecule has 2 unspecified atom stereocenters. The first-order valence-electron chi connectivity index (χ1n) is 5.38. The molecular formula is C10H20Si. The van der Waals surface area contributed by atoms with E-state index in [1.54, 1.807) is 44.6 Å². The molecule has 0 aromatic rings. The Labute approximate surface area is 72.0 Å². The second-order valence-corrected chi connectivity index (χ2v) is 8.00. The van der Waals surface area contributed by atoms with Crippen molar-refractivity contribution in [1.29, 1.82) is 0 Å². The SMILES string of the molecule is C[Si@H]1CCCC2CCCCC21. The van der Waals surface area contributed by atoms with Crippen LogP contribution >= 0.6 is 0 Å². The molecule has 0 N–H and O–H groups in total.